The van der Waals surface area contributed by atoms with Crippen molar-refractivity contribution in [1.82, 2.24) is 0 Å². The van der Waals surface area contributed by atoms with Crippen molar-refractivity contribution in [3.63, 3.8) is 0 Å². The molecule has 0 aliphatic heterocycles. The van der Waals surface area contributed by atoms with Gasteiger partial charge in [0.2, 0.25) is 0 Å². The van der Waals surface area contributed by atoms with E-state index < -0.39 is 10.1 Å². The topological polar surface area (TPSA) is 43.4 Å². The Morgan fingerprint density at radius 1 is 1.29 bits per heavy atom. The molecular formula is C9H12BaO3S. The SMILES string of the molecule is C=CCOS(=O)(=O)c1ccccc1.[BaH2]. The molecule has 0 saturated heterocycles. The Kier molecular flexibility index (Phi) is 7.06. The molecule has 1 aromatic rings. The molecule has 0 aromatic heterocycles. The fourth-order valence-corrected chi connectivity index (χ4v) is 1.69. The quantitative estimate of drug-likeness (QED) is 0.461. The van der Waals surface area contributed by atoms with Crippen LogP contribution >= 0.6 is 0 Å². The van der Waals surface area contributed by atoms with Crippen molar-refractivity contribution in [3.05, 3.63) is 43.0 Å². The summed E-state index contributed by atoms with van der Waals surface area (Å²) >= 11 is 0. The Morgan fingerprint density at radius 3 is 2.36 bits per heavy atom. The van der Waals surface area contributed by atoms with Crippen LogP contribution in [0, 0.1) is 0 Å². The van der Waals surface area contributed by atoms with E-state index in [1.165, 1.54) is 18.2 Å². The summed E-state index contributed by atoms with van der Waals surface area (Å²) in [5.74, 6) is 0. The molecule has 0 amide bonds. The summed E-state index contributed by atoms with van der Waals surface area (Å²) < 4.78 is 27.3. The molecule has 0 atom stereocenters. The Morgan fingerprint density at radius 2 is 1.86 bits per heavy atom. The van der Waals surface area contributed by atoms with Crippen LogP contribution < -0.4 is 0 Å². The molecular weight excluding hydrogens is 325 g/mol. The number of rotatable bonds is 4. The van der Waals surface area contributed by atoms with Crippen LogP contribution in [0.2, 0.25) is 0 Å². The van der Waals surface area contributed by atoms with Crippen molar-refractivity contribution in [2.45, 2.75) is 4.90 Å². The molecule has 0 unspecified atom stereocenters. The van der Waals surface area contributed by atoms with Gasteiger partial charge in [-0.2, -0.15) is 8.42 Å². The third-order valence-electron chi connectivity index (χ3n) is 1.37. The zero-order valence-corrected chi connectivity index (χ0v) is 7.83. The minimum absolute atomic E-state index is 0. The minimum atomic E-state index is -3.59. The Bertz CT molecular complexity index is 372. The molecule has 0 aliphatic rings. The van der Waals surface area contributed by atoms with Gasteiger partial charge in [0.05, 0.1) is 11.5 Å². The van der Waals surface area contributed by atoms with Crippen LogP contribution in [-0.2, 0) is 14.3 Å². The van der Waals surface area contributed by atoms with Gasteiger partial charge in [-0.25, -0.2) is 0 Å². The standard InChI is InChI=1S/C9H10O3S.Ba.2H/c1-2-8-12-13(10,11)9-6-4-3-5-7-9;;;/h2-7H,1,8H2;;;. The van der Waals surface area contributed by atoms with Crippen LogP contribution in [0.15, 0.2) is 47.9 Å². The molecule has 0 aliphatic carbocycles. The third kappa shape index (κ3) is 4.31. The monoisotopic (exact) mass is 338 g/mol. The summed E-state index contributed by atoms with van der Waals surface area (Å²) in [4.78, 5) is 0.164. The predicted octanol–water partition coefficient (Wildman–Crippen LogP) is 0.662. The van der Waals surface area contributed by atoms with E-state index in [2.05, 4.69) is 10.8 Å². The predicted molar refractivity (Wildman–Crippen MR) is 58.3 cm³/mol. The molecule has 1 aromatic carbocycles. The van der Waals surface area contributed by atoms with E-state index in [0.717, 1.165) is 0 Å². The van der Waals surface area contributed by atoms with Crippen molar-refractivity contribution in [3.8, 4) is 0 Å². The van der Waals surface area contributed by atoms with Crippen molar-refractivity contribution < 1.29 is 12.6 Å². The Labute approximate surface area is 124 Å². The fraction of sp³-hybridized carbons (Fsp3) is 0.111. The van der Waals surface area contributed by atoms with Gasteiger partial charge in [-0.15, -0.1) is 6.58 Å². The molecule has 14 heavy (non-hydrogen) atoms. The number of hydrogen-bond acceptors (Lipinski definition) is 3. The molecule has 5 heteroatoms. The van der Waals surface area contributed by atoms with E-state index >= 15 is 0 Å². The van der Waals surface area contributed by atoms with E-state index in [1.54, 1.807) is 18.2 Å². The number of benzene rings is 1. The second kappa shape index (κ2) is 6.84. The molecule has 3 nitrogen and oxygen atoms in total. The molecule has 0 fully saturated rings. The summed E-state index contributed by atoms with van der Waals surface area (Å²) in [7, 11) is -3.59. The second-order valence-electron chi connectivity index (χ2n) is 2.34. The van der Waals surface area contributed by atoms with Gasteiger partial charge in [-0.3, -0.25) is 4.18 Å². The van der Waals surface area contributed by atoms with Gasteiger partial charge in [0.1, 0.15) is 0 Å². The summed E-state index contributed by atoms with van der Waals surface area (Å²) in [5, 5.41) is 0. The van der Waals surface area contributed by atoms with E-state index in [4.69, 9.17) is 0 Å². The molecule has 0 radical (unpaired) electrons. The maximum atomic E-state index is 11.3. The van der Waals surface area contributed by atoms with Crippen LogP contribution in [0.3, 0.4) is 0 Å². The van der Waals surface area contributed by atoms with Gasteiger partial charge < -0.3 is 0 Å². The normalized spacial score (nSPS) is 10.3. The van der Waals surface area contributed by atoms with Crippen LogP contribution in [0.4, 0.5) is 0 Å². The van der Waals surface area contributed by atoms with E-state index in [-0.39, 0.29) is 60.4 Å². The van der Waals surface area contributed by atoms with Crippen LogP contribution in [0.25, 0.3) is 0 Å². The second-order valence-corrected chi connectivity index (χ2v) is 3.96. The molecule has 0 spiro atoms. The average molecular weight is 338 g/mol. The summed E-state index contributed by atoms with van der Waals surface area (Å²) in [6, 6.07) is 8.00. The van der Waals surface area contributed by atoms with Crippen LogP contribution in [0.1, 0.15) is 0 Å². The molecule has 74 valence electrons. The van der Waals surface area contributed by atoms with Crippen LogP contribution in [0.5, 0.6) is 0 Å². The first kappa shape index (κ1) is 14.4. The first-order valence-corrected chi connectivity index (χ1v) is 5.13. The summed E-state index contributed by atoms with van der Waals surface area (Å²) in [6.45, 7) is 3.37. The fourth-order valence-electron chi connectivity index (χ4n) is 0.793. The molecule has 0 heterocycles. The third-order valence-corrected chi connectivity index (χ3v) is 2.67. The van der Waals surface area contributed by atoms with Gasteiger partial charge in [0.15, 0.2) is 0 Å². The zero-order valence-electron chi connectivity index (χ0n) is 7.01. The molecule has 0 bridgehead atoms. The van der Waals surface area contributed by atoms with Gasteiger partial charge >= 0.3 is 48.9 Å². The first-order valence-electron chi connectivity index (χ1n) is 3.72. The first-order chi connectivity index (χ1) is 6.17. The summed E-state index contributed by atoms with van der Waals surface area (Å²) in [5.41, 5.74) is 0. The van der Waals surface area contributed by atoms with Crippen molar-refractivity contribution in [2.24, 2.45) is 0 Å². The van der Waals surface area contributed by atoms with Gasteiger partial charge in [-0.1, -0.05) is 24.3 Å². The van der Waals surface area contributed by atoms with Crippen molar-refractivity contribution in [1.29, 1.82) is 0 Å². The average Bonchev–Trinajstić information content (AvgIpc) is 2.16. The van der Waals surface area contributed by atoms with E-state index in [0.29, 0.717) is 0 Å². The zero-order chi connectivity index (χ0) is 9.73. The van der Waals surface area contributed by atoms with Crippen LogP contribution in [-0.4, -0.2) is 63.9 Å². The molecule has 0 N–H and O–H groups in total. The number of hydrogen-bond donors (Lipinski definition) is 0. The van der Waals surface area contributed by atoms with Crippen molar-refractivity contribution in [2.75, 3.05) is 6.61 Å². The summed E-state index contributed by atoms with van der Waals surface area (Å²) in [6.07, 6.45) is 1.39. The van der Waals surface area contributed by atoms with E-state index in [1.807, 2.05) is 0 Å². The maximum absolute atomic E-state index is 11.3. The Balaban J connectivity index is 0.00000169. The molecule has 1 rings (SSSR count). The van der Waals surface area contributed by atoms with Gasteiger partial charge in [-0.05, 0) is 12.1 Å². The van der Waals surface area contributed by atoms with Gasteiger partial charge in [0.25, 0.3) is 10.1 Å². The molecule has 0 saturated carbocycles. The van der Waals surface area contributed by atoms with Crippen molar-refractivity contribution >= 4 is 59.0 Å². The Hall–Kier alpha value is 0.441. The van der Waals surface area contributed by atoms with E-state index in [9.17, 15) is 8.42 Å². The van der Waals surface area contributed by atoms with Gasteiger partial charge in [0, 0.05) is 0 Å².